The average Bonchev–Trinajstić information content (AvgIpc) is 3.22. The van der Waals surface area contributed by atoms with Crippen LogP contribution in [0.25, 0.3) is 0 Å². The van der Waals surface area contributed by atoms with Crippen LogP contribution in [0.4, 0.5) is 5.69 Å². The van der Waals surface area contributed by atoms with Gasteiger partial charge < -0.3 is 24.4 Å². The topological polar surface area (TPSA) is 82.6 Å². The summed E-state index contributed by atoms with van der Waals surface area (Å²) in [4.78, 5) is 30.9. The highest BCUT2D eigenvalue weighted by atomic mass is 16.6. The fourth-order valence-corrected chi connectivity index (χ4v) is 6.35. The molecule has 1 amide bonds. The van der Waals surface area contributed by atoms with Crippen molar-refractivity contribution in [3.8, 4) is 11.5 Å². The summed E-state index contributed by atoms with van der Waals surface area (Å²) in [6.45, 7) is 5.13. The molecule has 156 valence electrons. The van der Waals surface area contributed by atoms with Gasteiger partial charge in [0, 0.05) is 12.8 Å². The highest BCUT2D eigenvalue weighted by Gasteiger charge is 2.75. The molecule has 5 atom stereocenters. The van der Waals surface area contributed by atoms with Crippen LogP contribution in [0.3, 0.4) is 0 Å². The number of methoxy groups -OCH3 is 1. The number of epoxide rings is 1. The summed E-state index contributed by atoms with van der Waals surface area (Å²) in [5.74, 6) is 0.222. The van der Waals surface area contributed by atoms with Crippen molar-refractivity contribution in [2.24, 2.45) is 5.92 Å². The number of carbonyl (C=O) groups excluding carboxylic acids is 2. The Morgan fingerprint density at radius 2 is 2.07 bits per heavy atom. The highest BCUT2D eigenvalue weighted by Crippen LogP contribution is 2.64. The van der Waals surface area contributed by atoms with E-state index in [4.69, 9.17) is 9.47 Å². The zero-order valence-electron chi connectivity index (χ0n) is 17.4. The molecule has 7 heteroatoms. The average molecular weight is 400 g/mol. The fraction of sp³-hybridized carbons (Fsp3) is 0.636. The molecule has 7 nitrogen and oxygen atoms in total. The van der Waals surface area contributed by atoms with Gasteiger partial charge in [-0.1, -0.05) is 6.07 Å². The van der Waals surface area contributed by atoms with Crippen LogP contribution in [0.1, 0.15) is 38.7 Å². The van der Waals surface area contributed by atoms with Gasteiger partial charge in [-0.25, -0.2) is 0 Å². The zero-order valence-corrected chi connectivity index (χ0v) is 17.4. The van der Waals surface area contributed by atoms with E-state index < -0.39 is 11.0 Å². The van der Waals surface area contributed by atoms with E-state index in [0.717, 1.165) is 25.1 Å². The van der Waals surface area contributed by atoms with E-state index in [1.807, 2.05) is 13.0 Å². The number of benzene rings is 1. The van der Waals surface area contributed by atoms with Crippen molar-refractivity contribution in [2.75, 3.05) is 32.1 Å². The Morgan fingerprint density at radius 1 is 1.34 bits per heavy atom. The van der Waals surface area contributed by atoms with Crippen LogP contribution in [0.5, 0.6) is 11.5 Å². The second-order valence-electron chi connectivity index (χ2n) is 9.05. The van der Waals surface area contributed by atoms with E-state index in [9.17, 15) is 14.7 Å². The van der Waals surface area contributed by atoms with Gasteiger partial charge in [-0.2, -0.15) is 0 Å². The van der Waals surface area contributed by atoms with Gasteiger partial charge in [0.15, 0.2) is 22.9 Å². The Bertz CT molecular complexity index is 917. The molecule has 0 radical (unpaired) electrons. The third kappa shape index (κ3) is 2.15. The lowest BCUT2D eigenvalue weighted by molar-refractivity contribution is -0.137. The van der Waals surface area contributed by atoms with E-state index in [2.05, 4.69) is 11.9 Å². The number of rotatable bonds is 1. The molecule has 4 heterocycles. The van der Waals surface area contributed by atoms with Gasteiger partial charge in [0.05, 0.1) is 30.4 Å². The minimum absolute atomic E-state index is 0.0591. The first-order valence-electron chi connectivity index (χ1n) is 10.4. The molecule has 0 aromatic heterocycles. The maximum absolute atomic E-state index is 14.2. The van der Waals surface area contributed by atoms with Crippen molar-refractivity contribution < 1.29 is 24.2 Å². The normalized spacial score (nSPS) is 38.3. The van der Waals surface area contributed by atoms with Gasteiger partial charge in [-0.05, 0) is 58.0 Å². The molecule has 2 spiro atoms. The number of anilines is 1. The van der Waals surface area contributed by atoms with Crippen molar-refractivity contribution >= 4 is 17.4 Å². The highest BCUT2D eigenvalue weighted by molar-refractivity contribution is 6.09. The molecule has 4 fully saturated rings. The van der Waals surface area contributed by atoms with Gasteiger partial charge in [-0.15, -0.1) is 0 Å². The summed E-state index contributed by atoms with van der Waals surface area (Å²) in [5, 5.41) is 11.0. The molecule has 1 aromatic rings. The summed E-state index contributed by atoms with van der Waals surface area (Å²) in [7, 11) is 3.56. The Labute approximate surface area is 170 Å². The molecule has 5 aliphatic rings. The standard InChI is InChI=1S/C22H28N2O5/c1-12-22(29-12)14-7-9-23(3)10-8-21(20(22)27)15-5-6-16(28-4)19(26)18(15)24(13(2)25)17(21)11-14/h5-6,12,14,17,26H,7-11H2,1-4H3. The van der Waals surface area contributed by atoms with Crippen molar-refractivity contribution in [2.45, 2.75) is 56.3 Å². The number of ketones is 1. The second kappa shape index (κ2) is 5.95. The Morgan fingerprint density at radius 3 is 2.69 bits per heavy atom. The summed E-state index contributed by atoms with van der Waals surface area (Å²) < 4.78 is 11.4. The van der Waals surface area contributed by atoms with Crippen LogP contribution < -0.4 is 9.64 Å². The fourth-order valence-electron chi connectivity index (χ4n) is 6.35. The molecular formula is C22H28N2O5. The number of Topliss-reactive ketones (excluding diaryl/α,β-unsaturated/α-hetero) is 1. The number of fused-ring (bicyclic) bond motifs is 5. The number of hydrogen-bond acceptors (Lipinski definition) is 6. The number of hydrogen-bond donors (Lipinski definition) is 1. The quantitative estimate of drug-likeness (QED) is 0.725. The first-order valence-corrected chi connectivity index (χ1v) is 10.4. The number of carbonyl (C=O) groups is 2. The molecule has 1 aromatic carbocycles. The van der Waals surface area contributed by atoms with Gasteiger partial charge in [0.2, 0.25) is 5.91 Å². The number of ether oxygens (including phenoxy) is 2. The van der Waals surface area contributed by atoms with Crippen LogP contribution in [-0.2, 0) is 19.7 Å². The van der Waals surface area contributed by atoms with Crippen LogP contribution in [0.15, 0.2) is 12.1 Å². The maximum atomic E-state index is 14.2. The summed E-state index contributed by atoms with van der Waals surface area (Å²) >= 11 is 0. The van der Waals surface area contributed by atoms with Gasteiger partial charge in [-0.3, -0.25) is 9.59 Å². The summed E-state index contributed by atoms with van der Waals surface area (Å²) in [6.07, 6.45) is 2.04. The molecule has 1 saturated carbocycles. The summed E-state index contributed by atoms with van der Waals surface area (Å²) in [5.41, 5.74) is -0.467. The van der Waals surface area contributed by atoms with Crippen molar-refractivity contribution in [1.82, 2.24) is 4.90 Å². The minimum Gasteiger partial charge on any atom is -0.503 e. The molecule has 5 unspecified atom stereocenters. The van der Waals surface area contributed by atoms with Crippen LogP contribution in [0.2, 0.25) is 0 Å². The Balaban J connectivity index is 1.79. The van der Waals surface area contributed by atoms with Crippen LogP contribution in [0, 0.1) is 5.92 Å². The largest absolute Gasteiger partial charge is 0.503 e. The number of nitrogens with zero attached hydrogens (tertiary/aromatic N) is 2. The smallest absolute Gasteiger partial charge is 0.224 e. The van der Waals surface area contributed by atoms with Crippen molar-refractivity contribution in [1.29, 1.82) is 0 Å². The lowest BCUT2D eigenvalue weighted by Crippen LogP contribution is -2.62. The van der Waals surface area contributed by atoms with Gasteiger partial charge >= 0.3 is 0 Å². The number of phenolic OH excluding ortho intramolecular Hbond substituents is 1. The molecule has 6 rings (SSSR count). The molecule has 3 saturated heterocycles. The first kappa shape index (κ1) is 18.9. The molecular weight excluding hydrogens is 372 g/mol. The molecule has 2 bridgehead atoms. The Hall–Kier alpha value is -2.12. The van der Waals surface area contributed by atoms with E-state index >= 15 is 0 Å². The minimum atomic E-state index is -0.870. The van der Waals surface area contributed by atoms with E-state index in [-0.39, 0.29) is 35.5 Å². The van der Waals surface area contributed by atoms with Gasteiger partial charge in [0.25, 0.3) is 0 Å². The molecule has 1 aliphatic carbocycles. The number of aromatic hydroxyl groups is 1. The SMILES string of the molecule is COc1ccc2c(c1O)N(C(C)=O)C1CC3CCN(C)CCC21C(=O)C31OC1C. The molecule has 29 heavy (non-hydrogen) atoms. The second-order valence-corrected chi connectivity index (χ2v) is 9.05. The Kier molecular flexibility index (Phi) is 3.87. The predicted octanol–water partition coefficient (Wildman–Crippen LogP) is 1.85. The molecule has 1 N–H and O–H groups in total. The predicted molar refractivity (Wildman–Crippen MR) is 106 cm³/mol. The van der Waals surface area contributed by atoms with Crippen LogP contribution in [-0.4, -0.2) is 66.7 Å². The van der Waals surface area contributed by atoms with Crippen molar-refractivity contribution in [3.05, 3.63) is 17.7 Å². The summed E-state index contributed by atoms with van der Waals surface area (Å²) in [6, 6.07) is 3.25. The van der Waals surface area contributed by atoms with E-state index in [0.29, 0.717) is 24.3 Å². The van der Waals surface area contributed by atoms with E-state index in [1.165, 1.54) is 14.0 Å². The van der Waals surface area contributed by atoms with Crippen molar-refractivity contribution in [3.63, 3.8) is 0 Å². The van der Waals surface area contributed by atoms with Gasteiger partial charge in [0.1, 0.15) is 0 Å². The third-order valence-corrected chi connectivity index (χ3v) is 7.82. The maximum Gasteiger partial charge on any atom is 0.224 e. The lowest BCUT2D eigenvalue weighted by atomic mass is 9.57. The lowest BCUT2D eigenvalue weighted by Gasteiger charge is -2.46. The number of phenols is 1. The number of amides is 1. The monoisotopic (exact) mass is 400 g/mol. The first-order chi connectivity index (χ1) is 13.8. The molecule has 4 aliphatic heterocycles. The van der Waals surface area contributed by atoms with Crippen LogP contribution >= 0.6 is 0 Å². The third-order valence-electron chi connectivity index (χ3n) is 7.82. The zero-order chi connectivity index (χ0) is 20.7. The van der Waals surface area contributed by atoms with E-state index in [1.54, 1.807) is 11.0 Å².